The van der Waals surface area contributed by atoms with Crippen molar-refractivity contribution in [3.63, 3.8) is 0 Å². The smallest absolute Gasteiger partial charge is 0.237 e. The maximum absolute atomic E-state index is 12.4. The molecule has 7 heteroatoms. The molecule has 0 amide bonds. The summed E-state index contributed by atoms with van der Waals surface area (Å²) in [4.78, 5) is 8.63. The first-order valence-corrected chi connectivity index (χ1v) is 11.0. The van der Waals surface area contributed by atoms with Crippen LogP contribution >= 0.6 is 11.6 Å². The van der Waals surface area contributed by atoms with Crippen LogP contribution in [-0.2, 0) is 10.0 Å². The van der Waals surface area contributed by atoms with E-state index in [-0.39, 0.29) is 17.5 Å². The molecule has 0 saturated heterocycles. The van der Waals surface area contributed by atoms with E-state index < -0.39 is 10.0 Å². The SMILES string of the molecule is CC/C=N\C(C)=C/CS(=O)(=O)Nc1ccc(Cl)c(C2=CC(C)=CCC2C)n1. The predicted molar refractivity (Wildman–Crippen MR) is 115 cm³/mol. The fourth-order valence-electron chi connectivity index (χ4n) is 2.66. The summed E-state index contributed by atoms with van der Waals surface area (Å²) < 4.78 is 27.3. The van der Waals surface area contributed by atoms with Crippen molar-refractivity contribution in [2.24, 2.45) is 10.9 Å². The van der Waals surface area contributed by atoms with Crippen molar-refractivity contribution in [3.8, 4) is 0 Å². The van der Waals surface area contributed by atoms with Crippen molar-refractivity contribution in [3.05, 3.63) is 52.3 Å². The molecule has 0 spiro atoms. The van der Waals surface area contributed by atoms with E-state index in [4.69, 9.17) is 11.6 Å². The fourth-order valence-corrected chi connectivity index (χ4v) is 3.85. The molecule has 1 unspecified atom stereocenters. The maximum Gasteiger partial charge on any atom is 0.237 e. The molecule has 1 heterocycles. The van der Waals surface area contributed by atoms with Gasteiger partial charge in [-0.05, 0) is 56.4 Å². The summed E-state index contributed by atoms with van der Waals surface area (Å²) in [5.74, 6) is 0.367. The lowest BCUT2D eigenvalue weighted by molar-refractivity contribution is 0.603. The molecule has 1 N–H and O–H groups in total. The summed E-state index contributed by atoms with van der Waals surface area (Å²) in [6, 6.07) is 3.25. The number of rotatable bonds is 7. The number of hydrogen-bond acceptors (Lipinski definition) is 4. The van der Waals surface area contributed by atoms with E-state index >= 15 is 0 Å². The molecule has 146 valence electrons. The quantitative estimate of drug-likeness (QED) is 0.629. The topological polar surface area (TPSA) is 71.4 Å². The molecule has 0 saturated carbocycles. The lowest BCUT2D eigenvalue weighted by Gasteiger charge is -2.20. The van der Waals surface area contributed by atoms with Gasteiger partial charge in [-0.25, -0.2) is 13.4 Å². The molecule has 1 atom stereocenters. The molecule has 5 nitrogen and oxygen atoms in total. The van der Waals surface area contributed by atoms with Gasteiger partial charge in [0.25, 0.3) is 0 Å². The Morgan fingerprint density at radius 2 is 2.19 bits per heavy atom. The zero-order valence-electron chi connectivity index (χ0n) is 16.2. The minimum absolute atomic E-state index is 0.166. The molecular formula is C20H26ClN3O2S. The van der Waals surface area contributed by atoms with Gasteiger partial charge in [0.15, 0.2) is 0 Å². The minimum Gasteiger partial charge on any atom is -0.267 e. The number of aromatic nitrogens is 1. The van der Waals surface area contributed by atoms with Gasteiger partial charge < -0.3 is 0 Å². The summed E-state index contributed by atoms with van der Waals surface area (Å²) >= 11 is 6.34. The summed E-state index contributed by atoms with van der Waals surface area (Å²) in [6.45, 7) is 7.88. The molecule has 1 aliphatic rings. The number of halogens is 1. The number of aliphatic imine (C=N–C) groups is 1. The Morgan fingerprint density at radius 1 is 1.44 bits per heavy atom. The molecule has 1 aliphatic carbocycles. The van der Waals surface area contributed by atoms with Gasteiger partial charge in [0, 0.05) is 11.9 Å². The van der Waals surface area contributed by atoms with Gasteiger partial charge in [-0.2, -0.15) is 0 Å². The summed E-state index contributed by atoms with van der Waals surface area (Å²) in [5, 5.41) is 0.510. The molecular weight excluding hydrogens is 382 g/mol. The van der Waals surface area contributed by atoms with E-state index in [1.54, 1.807) is 31.3 Å². The Hall–Kier alpha value is -1.92. The number of anilines is 1. The zero-order valence-corrected chi connectivity index (χ0v) is 17.7. The van der Waals surface area contributed by atoms with Gasteiger partial charge in [-0.15, -0.1) is 0 Å². The van der Waals surface area contributed by atoms with E-state index in [1.807, 2.05) is 13.8 Å². The average molecular weight is 408 g/mol. The van der Waals surface area contributed by atoms with Crippen LogP contribution in [0.5, 0.6) is 0 Å². The normalized spacial score (nSPS) is 18.4. The van der Waals surface area contributed by atoms with Crippen molar-refractivity contribution in [1.29, 1.82) is 0 Å². The van der Waals surface area contributed by atoms with Crippen LogP contribution in [0.1, 0.15) is 46.2 Å². The van der Waals surface area contributed by atoms with Gasteiger partial charge in [-0.1, -0.05) is 43.2 Å². The van der Waals surface area contributed by atoms with E-state index in [2.05, 4.69) is 33.8 Å². The van der Waals surface area contributed by atoms with Gasteiger partial charge in [-0.3, -0.25) is 9.71 Å². The highest BCUT2D eigenvalue weighted by molar-refractivity contribution is 7.92. The molecule has 0 fully saturated rings. The van der Waals surface area contributed by atoms with Crippen molar-refractivity contribution >= 4 is 39.2 Å². The molecule has 0 aromatic carbocycles. The number of allylic oxidation sites excluding steroid dienone is 5. The van der Waals surface area contributed by atoms with Gasteiger partial charge in [0.1, 0.15) is 5.82 Å². The van der Waals surface area contributed by atoms with Crippen molar-refractivity contribution < 1.29 is 8.42 Å². The highest BCUT2D eigenvalue weighted by atomic mass is 35.5. The van der Waals surface area contributed by atoms with Crippen LogP contribution in [0.2, 0.25) is 5.02 Å². The average Bonchev–Trinajstić information content (AvgIpc) is 2.62. The second kappa shape index (κ2) is 9.33. The van der Waals surface area contributed by atoms with E-state index in [9.17, 15) is 8.42 Å². The summed E-state index contributed by atoms with van der Waals surface area (Å²) in [7, 11) is -3.58. The predicted octanol–water partition coefficient (Wildman–Crippen LogP) is 5.23. The van der Waals surface area contributed by atoms with Crippen molar-refractivity contribution in [2.75, 3.05) is 10.5 Å². The van der Waals surface area contributed by atoms with E-state index in [0.717, 1.165) is 24.0 Å². The van der Waals surface area contributed by atoms with E-state index in [1.165, 1.54) is 0 Å². The van der Waals surface area contributed by atoms with Crippen LogP contribution in [0.15, 0.2) is 46.6 Å². The number of pyridine rings is 1. The first-order chi connectivity index (χ1) is 12.7. The van der Waals surface area contributed by atoms with Crippen LogP contribution < -0.4 is 4.72 Å². The number of nitrogens with zero attached hydrogens (tertiary/aromatic N) is 2. The Balaban J connectivity index is 2.23. The Kier molecular flexibility index (Phi) is 7.39. The third kappa shape index (κ3) is 6.33. The summed E-state index contributed by atoms with van der Waals surface area (Å²) in [6.07, 6.45) is 9.26. The maximum atomic E-state index is 12.4. The monoisotopic (exact) mass is 407 g/mol. The van der Waals surface area contributed by atoms with Crippen LogP contribution in [0.3, 0.4) is 0 Å². The van der Waals surface area contributed by atoms with Crippen LogP contribution in [0, 0.1) is 5.92 Å². The van der Waals surface area contributed by atoms with Gasteiger partial charge >= 0.3 is 0 Å². The Bertz CT molecular complexity index is 915. The lowest BCUT2D eigenvalue weighted by atomic mass is 9.88. The molecule has 0 radical (unpaired) electrons. The number of hydrogen-bond donors (Lipinski definition) is 1. The van der Waals surface area contributed by atoms with Crippen molar-refractivity contribution in [1.82, 2.24) is 4.98 Å². The second-order valence-corrected chi connectivity index (χ2v) is 8.83. The fraction of sp³-hybridized carbons (Fsp3) is 0.400. The summed E-state index contributed by atoms with van der Waals surface area (Å²) in [5.41, 5.74) is 3.46. The number of nitrogens with one attached hydrogen (secondary N) is 1. The molecule has 0 aliphatic heterocycles. The van der Waals surface area contributed by atoms with Crippen LogP contribution in [0.25, 0.3) is 5.57 Å². The first-order valence-electron chi connectivity index (χ1n) is 8.97. The standard InChI is InChI=1S/C20H26ClN3O2S/c1-5-11-22-16(4)10-12-27(25,26)24-19-9-8-18(21)20(23-19)17-13-14(2)6-7-15(17)3/h6,8-11,13,15H,5,7,12H2,1-4H3,(H,23,24)/b16-10-,22-11-. The number of sulfonamides is 1. The highest BCUT2D eigenvalue weighted by Gasteiger charge is 2.19. The van der Waals surface area contributed by atoms with Crippen molar-refractivity contribution in [2.45, 2.75) is 40.5 Å². The van der Waals surface area contributed by atoms with Gasteiger partial charge in [0.2, 0.25) is 10.0 Å². The Labute approximate surface area is 167 Å². The molecule has 1 aromatic rings. The third-order valence-electron chi connectivity index (χ3n) is 4.16. The molecule has 0 bridgehead atoms. The molecule has 1 aromatic heterocycles. The Morgan fingerprint density at radius 3 is 2.89 bits per heavy atom. The highest BCUT2D eigenvalue weighted by Crippen LogP contribution is 2.34. The lowest BCUT2D eigenvalue weighted by Crippen LogP contribution is -2.17. The first kappa shape index (κ1) is 21.4. The van der Waals surface area contributed by atoms with Crippen LogP contribution in [-0.4, -0.2) is 25.4 Å². The largest absolute Gasteiger partial charge is 0.267 e. The third-order valence-corrected chi connectivity index (χ3v) is 5.59. The van der Waals surface area contributed by atoms with Gasteiger partial charge in [0.05, 0.1) is 16.5 Å². The molecule has 27 heavy (non-hydrogen) atoms. The van der Waals surface area contributed by atoms with Crippen LogP contribution in [0.4, 0.5) is 5.82 Å². The minimum atomic E-state index is -3.58. The second-order valence-electron chi connectivity index (χ2n) is 6.66. The zero-order chi connectivity index (χ0) is 20.0. The van der Waals surface area contributed by atoms with E-state index in [0.29, 0.717) is 16.4 Å². The molecule has 2 rings (SSSR count).